The van der Waals surface area contributed by atoms with E-state index in [1.807, 2.05) is 6.07 Å². The Bertz CT molecular complexity index is 3310. The number of rotatable bonds is 6. The number of furan rings is 2. The molecule has 58 heavy (non-hydrogen) atoms. The highest BCUT2D eigenvalue weighted by Gasteiger charge is 2.46. The fraction of sp³-hybridized carbons (Fsp3) is 0.0182. The van der Waals surface area contributed by atoms with Gasteiger partial charge < -0.3 is 13.7 Å². The van der Waals surface area contributed by atoms with Crippen molar-refractivity contribution in [1.29, 1.82) is 0 Å². The maximum atomic E-state index is 6.66. The average molecular weight is 742 g/mol. The average Bonchev–Trinajstić information content (AvgIpc) is 3.96. The Morgan fingerprint density at radius 1 is 0.345 bits per heavy atom. The highest BCUT2D eigenvalue weighted by Crippen LogP contribution is 2.57. The van der Waals surface area contributed by atoms with E-state index in [4.69, 9.17) is 8.83 Å². The van der Waals surface area contributed by atoms with Crippen LogP contribution in [-0.2, 0) is 5.41 Å². The summed E-state index contributed by atoms with van der Waals surface area (Å²) in [5, 5.41) is 4.26. The summed E-state index contributed by atoms with van der Waals surface area (Å²) < 4.78 is 13.2. The van der Waals surface area contributed by atoms with Crippen molar-refractivity contribution in [2.45, 2.75) is 5.41 Å². The van der Waals surface area contributed by atoms with E-state index in [0.717, 1.165) is 66.5 Å². The van der Waals surface area contributed by atoms with Crippen LogP contribution in [0.4, 0.5) is 17.1 Å². The lowest BCUT2D eigenvalue weighted by atomic mass is 9.67. The Balaban J connectivity index is 1.18. The van der Waals surface area contributed by atoms with Crippen LogP contribution < -0.4 is 4.90 Å². The molecule has 0 saturated heterocycles. The van der Waals surface area contributed by atoms with E-state index in [9.17, 15) is 0 Å². The second-order valence-corrected chi connectivity index (χ2v) is 15.2. The van der Waals surface area contributed by atoms with Crippen molar-refractivity contribution in [2.75, 3.05) is 4.90 Å². The summed E-state index contributed by atoms with van der Waals surface area (Å²) >= 11 is 0. The van der Waals surface area contributed by atoms with Crippen molar-refractivity contribution in [3.05, 3.63) is 235 Å². The van der Waals surface area contributed by atoms with Gasteiger partial charge in [-0.05, 0) is 99.1 Å². The van der Waals surface area contributed by atoms with Crippen LogP contribution in [0.1, 0.15) is 22.3 Å². The van der Waals surface area contributed by atoms with Gasteiger partial charge >= 0.3 is 0 Å². The van der Waals surface area contributed by atoms with Gasteiger partial charge in [0.15, 0.2) is 0 Å². The zero-order chi connectivity index (χ0) is 38.2. The summed E-state index contributed by atoms with van der Waals surface area (Å²) in [5.74, 6) is 0. The summed E-state index contributed by atoms with van der Waals surface area (Å²) in [6.07, 6.45) is 0. The minimum absolute atomic E-state index is 0.552. The molecule has 0 N–H and O–H groups in total. The van der Waals surface area contributed by atoms with Crippen molar-refractivity contribution in [3.8, 4) is 22.3 Å². The number of anilines is 3. The van der Waals surface area contributed by atoms with E-state index in [0.29, 0.717) is 0 Å². The predicted octanol–water partition coefficient (Wildman–Crippen LogP) is 15.0. The molecule has 1 aliphatic rings. The van der Waals surface area contributed by atoms with Gasteiger partial charge in [-0.2, -0.15) is 0 Å². The van der Waals surface area contributed by atoms with E-state index >= 15 is 0 Å². The first-order chi connectivity index (χ1) is 28.8. The second kappa shape index (κ2) is 12.7. The molecule has 1 aliphatic carbocycles. The van der Waals surface area contributed by atoms with E-state index in [1.54, 1.807) is 0 Å². The van der Waals surface area contributed by atoms with Gasteiger partial charge in [0.1, 0.15) is 22.3 Å². The van der Waals surface area contributed by atoms with Crippen molar-refractivity contribution in [2.24, 2.45) is 0 Å². The summed E-state index contributed by atoms with van der Waals surface area (Å²) in [6.45, 7) is 0. The summed E-state index contributed by atoms with van der Waals surface area (Å²) in [5.41, 5.74) is 15.8. The Morgan fingerprint density at radius 3 is 1.59 bits per heavy atom. The molecular formula is C55H35NO2. The monoisotopic (exact) mass is 741 g/mol. The van der Waals surface area contributed by atoms with Gasteiger partial charge in [0.25, 0.3) is 0 Å². The molecule has 0 amide bonds. The number of hydrogen-bond acceptors (Lipinski definition) is 3. The van der Waals surface area contributed by atoms with Crippen LogP contribution in [-0.4, -0.2) is 0 Å². The molecule has 2 aromatic heterocycles. The molecule has 3 heteroatoms. The summed E-state index contributed by atoms with van der Waals surface area (Å²) in [7, 11) is 0. The Morgan fingerprint density at radius 2 is 0.879 bits per heavy atom. The summed E-state index contributed by atoms with van der Waals surface area (Å²) in [4.78, 5) is 2.42. The van der Waals surface area contributed by atoms with Gasteiger partial charge in [-0.1, -0.05) is 158 Å². The number of benzene rings is 9. The minimum atomic E-state index is -0.552. The Kier molecular flexibility index (Phi) is 7.14. The van der Waals surface area contributed by atoms with Crippen LogP contribution in [0, 0.1) is 0 Å². The van der Waals surface area contributed by atoms with Crippen LogP contribution >= 0.6 is 0 Å². The van der Waals surface area contributed by atoms with Crippen LogP contribution in [0.3, 0.4) is 0 Å². The van der Waals surface area contributed by atoms with Gasteiger partial charge in [0, 0.05) is 16.5 Å². The largest absolute Gasteiger partial charge is 0.456 e. The van der Waals surface area contributed by atoms with Crippen molar-refractivity contribution >= 4 is 60.9 Å². The molecule has 0 atom stereocenters. The first-order valence-corrected chi connectivity index (χ1v) is 19.8. The maximum absolute atomic E-state index is 6.66. The molecule has 0 bridgehead atoms. The van der Waals surface area contributed by atoms with E-state index in [1.165, 1.54) is 38.9 Å². The van der Waals surface area contributed by atoms with Gasteiger partial charge in [0.2, 0.25) is 0 Å². The zero-order valence-corrected chi connectivity index (χ0v) is 31.5. The summed E-state index contributed by atoms with van der Waals surface area (Å²) in [6, 6.07) is 76.3. The van der Waals surface area contributed by atoms with Gasteiger partial charge in [-0.3, -0.25) is 0 Å². The van der Waals surface area contributed by atoms with Crippen LogP contribution in [0.15, 0.2) is 221 Å². The van der Waals surface area contributed by atoms with Gasteiger partial charge in [-0.25, -0.2) is 0 Å². The quantitative estimate of drug-likeness (QED) is 0.170. The number of fused-ring (bicyclic) bond motifs is 9. The molecule has 0 fully saturated rings. The molecule has 11 aromatic rings. The molecule has 12 rings (SSSR count). The Hall–Kier alpha value is -7.62. The fourth-order valence-corrected chi connectivity index (χ4v) is 9.74. The third kappa shape index (κ3) is 4.68. The topological polar surface area (TPSA) is 29.5 Å². The second-order valence-electron chi connectivity index (χ2n) is 15.2. The minimum Gasteiger partial charge on any atom is -0.456 e. The lowest BCUT2D eigenvalue weighted by molar-refractivity contribution is 0.669. The van der Waals surface area contributed by atoms with Crippen LogP contribution in [0.2, 0.25) is 0 Å². The normalized spacial score (nSPS) is 13.0. The Labute approximate surface area is 335 Å². The van der Waals surface area contributed by atoms with Crippen LogP contribution in [0.5, 0.6) is 0 Å². The SMILES string of the molecule is c1ccc(-c2ccc3oc4cccc(N(c5cccc(C6(c7ccccc7)c7ccccc7-c7ccccc76)c5)c5cccc6oc7ccccc7c56)c4c3c2)cc1. The first-order valence-electron chi connectivity index (χ1n) is 19.8. The van der Waals surface area contributed by atoms with Gasteiger partial charge in [0.05, 0.1) is 27.6 Å². The van der Waals surface area contributed by atoms with E-state index < -0.39 is 5.41 Å². The number of para-hydroxylation sites is 1. The molecule has 3 nitrogen and oxygen atoms in total. The molecule has 0 spiro atoms. The molecular weight excluding hydrogens is 707 g/mol. The molecule has 9 aromatic carbocycles. The molecule has 0 saturated carbocycles. The standard InChI is InChI=1S/C55H35NO2/c1-3-16-36(17-4-1)37-32-33-50-44(34-37)54-48(28-15-31-52(54)58-50)56(47-27-14-30-51-53(47)43-24-9-12-29-49(43)57-51)40-21-13-20-39(35-40)55(38-18-5-2-6-19-38)45-25-10-7-22-41(45)42-23-8-11-26-46(42)55/h1-35H. The van der Waals surface area contributed by atoms with Gasteiger partial charge in [-0.15, -0.1) is 0 Å². The van der Waals surface area contributed by atoms with Crippen LogP contribution in [0.25, 0.3) is 66.1 Å². The fourth-order valence-electron chi connectivity index (χ4n) is 9.74. The molecule has 0 aliphatic heterocycles. The smallest absolute Gasteiger partial charge is 0.137 e. The highest BCUT2D eigenvalue weighted by atomic mass is 16.3. The van der Waals surface area contributed by atoms with Crippen molar-refractivity contribution in [1.82, 2.24) is 0 Å². The van der Waals surface area contributed by atoms with Crippen molar-refractivity contribution in [3.63, 3.8) is 0 Å². The third-order valence-electron chi connectivity index (χ3n) is 12.1. The zero-order valence-electron chi connectivity index (χ0n) is 31.5. The molecule has 272 valence electrons. The lowest BCUT2D eigenvalue weighted by Gasteiger charge is -2.35. The highest BCUT2D eigenvalue weighted by molar-refractivity contribution is 6.18. The van der Waals surface area contributed by atoms with E-state index in [-0.39, 0.29) is 0 Å². The molecule has 0 unspecified atom stereocenters. The molecule has 0 radical (unpaired) electrons. The lowest BCUT2D eigenvalue weighted by Crippen LogP contribution is -2.28. The first kappa shape index (κ1) is 32.6. The van der Waals surface area contributed by atoms with E-state index in [2.05, 4.69) is 211 Å². The third-order valence-corrected chi connectivity index (χ3v) is 12.1. The molecule has 2 heterocycles. The van der Waals surface area contributed by atoms with Crippen molar-refractivity contribution < 1.29 is 8.83 Å². The predicted molar refractivity (Wildman–Crippen MR) is 238 cm³/mol. The number of hydrogen-bond donors (Lipinski definition) is 0. The maximum Gasteiger partial charge on any atom is 0.137 e. The number of nitrogens with zero attached hydrogens (tertiary/aromatic N) is 1.